The van der Waals surface area contributed by atoms with Gasteiger partial charge in [0.15, 0.2) is 6.10 Å². The van der Waals surface area contributed by atoms with Gasteiger partial charge in [-0.25, -0.2) is 4.79 Å². The molecule has 0 fully saturated rings. The van der Waals surface area contributed by atoms with Crippen LogP contribution < -0.4 is 4.74 Å². The number of hydrogen-bond donors (Lipinski definition) is 0. The molecule has 0 heterocycles. The topological polar surface area (TPSA) is 101 Å². The second-order valence-electron chi connectivity index (χ2n) is 4.88. The molecular weight excluding hydrogens is 310 g/mol. The van der Waals surface area contributed by atoms with E-state index in [0.29, 0.717) is 17.0 Å². The standard InChI is InChI=1S/C17H15N3O4/c1-11(16(21)12-5-9-15(23-2)10-6-12)24-17(22)13-3-7-14(8-4-13)19-20-18/h3-11H,1-2H3. The first-order valence-corrected chi connectivity index (χ1v) is 7.09. The van der Waals surface area contributed by atoms with Crippen LogP contribution >= 0.6 is 0 Å². The number of methoxy groups -OCH3 is 1. The van der Waals surface area contributed by atoms with E-state index >= 15 is 0 Å². The second-order valence-corrected chi connectivity index (χ2v) is 4.88. The molecule has 0 saturated carbocycles. The lowest BCUT2D eigenvalue weighted by Gasteiger charge is -2.12. The summed E-state index contributed by atoms with van der Waals surface area (Å²) in [5.41, 5.74) is 9.42. The van der Waals surface area contributed by atoms with E-state index in [1.165, 1.54) is 38.3 Å². The van der Waals surface area contributed by atoms with Crippen LogP contribution in [0.2, 0.25) is 0 Å². The van der Waals surface area contributed by atoms with Crippen molar-refractivity contribution in [3.05, 3.63) is 70.1 Å². The van der Waals surface area contributed by atoms with Crippen molar-refractivity contribution in [2.24, 2.45) is 5.11 Å². The molecule has 0 N–H and O–H groups in total. The number of ketones is 1. The first-order valence-electron chi connectivity index (χ1n) is 7.09. The maximum atomic E-state index is 12.3. The van der Waals surface area contributed by atoms with Crippen LogP contribution in [0.1, 0.15) is 27.6 Å². The zero-order chi connectivity index (χ0) is 17.5. The summed E-state index contributed by atoms with van der Waals surface area (Å²) in [5.74, 6) is -0.301. The summed E-state index contributed by atoms with van der Waals surface area (Å²) in [4.78, 5) is 27.0. The number of hydrogen-bond acceptors (Lipinski definition) is 5. The smallest absolute Gasteiger partial charge is 0.338 e. The molecule has 1 unspecified atom stereocenters. The molecule has 24 heavy (non-hydrogen) atoms. The lowest BCUT2D eigenvalue weighted by molar-refractivity contribution is 0.0319. The Morgan fingerprint density at radius 2 is 1.62 bits per heavy atom. The zero-order valence-electron chi connectivity index (χ0n) is 13.2. The SMILES string of the molecule is COc1ccc(C(=O)C(C)OC(=O)c2ccc(N=[N+]=[N-])cc2)cc1. The Labute approximate surface area is 138 Å². The number of carbonyl (C=O) groups excluding carboxylic acids is 2. The Balaban J connectivity index is 2.04. The first-order chi connectivity index (χ1) is 11.5. The van der Waals surface area contributed by atoms with Gasteiger partial charge in [0.05, 0.1) is 12.7 Å². The van der Waals surface area contributed by atoms with E-state index in [9.17, 15) is 9.59 Å². The van der Waals surface area contributed by atoms with Crippen molar-refractivity contribution >= 4 is 17.4 Å². The van der Waals surface area contributed by atoms with Gasteiger partial charge in [-0.3, -0.25) is 4.79 Å². The lowest BCUT2D eigenvalue weighted by Crippen LogP contribution is -2.24. The van der Waals surface area contributed by atoms with Gasteiger partial charge in [0.25, 0.3) is 0 Å². The molecule has 0 amide bonds. The minimum Gasteiger partial charge on any atom is -0.497 e. The summed E-state index contributed by atoms with van der Waals surface area (Å²) in [5, 5.41) is 3.41. The van der Waals surface area contributed by atoms with Gasteiger partial charge in [0.1, 0.15) is 5.75 Å². The van der Waals surface area contributed by atoms with E-state index in [-0.39, 0.29) is 11.3 Å². The van der Waals surface area contributed by atoms with Gasteiger partial charge in [-0.15, -0.1) is 0 Å². The molecule has 2 aromatic rings. The van der Waals surface area contributed by atoms with Crippen LogP contribution in [0.25, 0.3) is 10.4 Å². The summed E-state index contributed by atoms with van der Waals surface area (Å²) in [7, 11) is 1.54. The number of Topliss-reactive ketones (excluding diaryl/α,β-unsaturated/α-hetero) is 1. The third-order valence-corrected chi connectivity index (χ3v) is 3.29. The highest BCUT2D eigenvalue weighted by Gasteiger charge is 2.20. The summed E-state index contributed by atoms with van der Waals surface area (Å²) >= 11 is 0. The normalized spacial score (nSPS) is 11.1. The maximum absolute atomic E-state index is 12.3. The Hall–Kier alpha value is -3.31. The summed E-state index contributed by atoms with van der Waals surface area (Å²) in [6, 6.07) is 12.5. The van der Waals surface area contributed by atoms with Crippen LogP contribution in [0.4, 0.5) is 5.69 Å². The van der Waals surface area contributed by atoms with E-state index in [1.54, 1.807) is 24.3 Å². The number of rotatable bonds is 6. The molecule has 0 radical (unpaired) electrons. The van der Waals surface area contributed by atoms with Gasteiger partial charge < -0.3 is 9.47 Å². The van der Waals surface area contributed by atoms with Gasteiger partial charge in [0.2, 0.25) is 5.78 Å². The first kappa shape index (κ1) is 17.1. The summed E-state index contributed by atoms with van der Waals surface area (Å²) in [6.45, 7) is 1.51. The molecule has 0 aliphatic heterocycles. The number of ether oxygens (including phenoxy) is 2. The van der Waals surface area contributed by atoms with Gasteiger partial charge in [-0.05, 0) is 48.9 Å². The van der Waals surface area contributed by atoms with Gasteiger partial charge in [0, 0.05) is 16.2 Å². The van der Waals surface area contributed by atoms with E-state index in [0.717, 1.165) is 0 Å². The molecule has 7 heteroatoms. The average Bonchev–Trinajstić information content (AvgIpc) is 2.62. The lowest BCUT2D eigenvalue weighted by atomic mass is 10.1. The maximum Gasteiger partial charge on any atom is 0.338 e. The van der Waals surface area contributed by atoms with Crippen molar-refractivity contribution in [3.63, 3.8) is 0 Å². The van der Waals surface area contributed by atoms with E-state index in [4.69, 9.17) is 15.0 Å². The molecule has 0 aromatic heterocycles. The molecule has 2 aromatic carbocycles. The van der Waals surface area contributed by atoms with Crippen molar-refractivity contribution in [3.8, 4) is 5.75 Å². The number of nitrogens with zero attached hydrogens (tertiary/aromatic N) is 3. The predicted molar refractivity (Wildman–Crippen MR) is 87.5 cm³/mol. The van der Waals surface area contributed by atoms with Crippen LogP contribution in [-0.2, 0) is 4.74 Å². The van der Waals surface area contributed by atoms with E-state index in [2.05, 4.69) is 10.0 Å². The largest absolute Gasteiger partial charge is 0.497 e. The van der Waals surface area contributed by atoms with Crippen LogP contribution in [0.15, 0.2) is 53.6 Å². The summed E-state index contributed by atoms with van der Waals surface area (Å²) < 4.78 is 10.2. The molecule has 0 spiro atoms. The van der Waals surface area contributed by atoms with E-state index < -0.39 is 12.1 Å². The van der Waals surface area contributed by atoms with Crippen LogP contribution in [0, 0.1) is 0 Å². The van der Waals surface area contributed by atoms with Gasteiger partial charge in [-0.2, -0.15) is 0 Å². The third-order valence-electron chi connectivity index (χ3n) is 3.29. The molecule has 1 atom stereocenters. The molecule has 0 aliphatic carbocycles. The Morgan fingerprint density at radius 1 is 1.04 bits per heavy atom. The molecular formula is C17H15N3O4. The molecule has 2 rings (SSSR count). The molecule has 0 saturated heterocycles. The highest BCUT2D eigenvalue weighted by Crippen LogP contribution is 2.16. The zero-order valence-corrected chi connectivity index (χ0v) is 13.2. The minimum atomic E-state index is -0.928. The van der Waals surface area contributed by atoms with Crippen molar-refractivity contribution < 1.29 is 19.1 Å². The second kappa shape index (κ2) is 7.80. The molecule has 122 valence electrons. The highest BCUT2D eigenvalue weighted by molar-refractivity contribution is 6.01. The van der Waals surface area contributed by atoms with Gasteiger partial charge >= 0.3 is 5.97 Å². The number of carbonyl (C=O) groups is 2. The quantitative estimate of drug-likeness (QED) is 0.263. The molecule has 0 aliphatic rings. The van der Waals surface area contributed by atoms with E-state index in [1.807, 2.05) is 0 Å². The Bertz CT molecular complexity index is 778. The molecule has 7 nitrogen and oxygen atoms in total. The van der Waals surface area contributed by atoms with Crippen molar-refractivity contribution in [1.29, 1.82) is 0 Å². The van der Waals surface area contributed by atoms with Crippen LogP contribution in [0.5, 0.6) is 5.75 Å². The number of benzene rings is 2. The monoisotopic (exact) mass is 325 g/mol. The highest BCUT2D eigenvalue weighted by atomic mass is 16.5. The fraction of sp³-hybridized carbons (Fsp3) is 0.176. The van der Waals surface area contributed by atoms with Crippen molar-refractivity contribution in [2.75, 3.05) is 7.11 Å². The summed E-state index contributed by atoms with van der Waals surface area (Å²) in [6.07, 6.45) is -0.928. The fourth-order valence-corrected chi connectivity index (χ4v) is 1.99. The fourth-order valence-electron chi connectivity index (χ4n) is 1.99. The Morgan fingerprint density at radius 3 is 2.17 bits per heavy atom. The van der Waals surface area contributed by atoms with Crippen molar-refractivity contribution in [2.45, 2.75) is 13.0 Å². The number of azide groups is 1. The van der Waals surface area contributed by atoms with Crippen molar-refractivity contribution in [1.82, 2.24) is 0 Å². The van der Waals surface area contributed by atoms with Crippen LogP contribution in [0.3, 0.4) is 0 Å². The van der Waals surface area contributed by atoms with Gasteiger partial charge in [-0.1, -0.05) is 17.2 Å². The molecule has 0 bridgehead atoms. The third kappa shape index (κ3) is 4.12. The Kier molecular flexibility index (Phi) is 5.54. The average molecular weight is 325 g/mol. The predicted octanol–water partition coefficient (Wildman–Crippen LogP) is 4.07. The van der Waals surface area contributed by atoms with Crippen LogP contribution in [-0.4, -0.2) is 25.0 Å². The minimum absolute atomic E-state index is 0.265. The number of esters is 1.